The number of carbonyl (C=O) groups is 1. The highest BCUT2D eigenvalue weighted by Crippen LogP contribution is 2.44. The van der Waals surface area contributed by atoms with Crippen LogP contribution in [0.4, 0.5) is 4.39 Å². The van der Waals surface area contributed by atoms with Gasteiger partial charge < -0.3 is 19.9 Å². The number of hydrogen-bond acceptors (Lipinski definition) is 4. The van der Waals surface area contributed by atoms with E-state index in [0.29, 0.717) is 33.5 Å². The molecule has 2 aliphatic carbocycles. The molecule has 0 saturated heterocycles. The Labute approximate surface area is 213 Å². The van der Waals surface area contributed by atoms with Gasteiger partial charge in [-0.3, -0.25) is 4.79 Å². The number of aromatic nitrogens is 2. The number of halogens is 1. The molecule has 0 saturated carbocycles. The fourth-order valence-corrected chi connectivity index (χ4v) is 5.86. The van der Waals surface area contributed by atoms with Gasteiger partial charge in [0.25, 0.3) is 0 Å². The molecule has 2 bridgehead atoms. The lowest BCUT2D eigenvalue weighted by molar-refractivity contribution is 0.0787. The number of nitrogens with zero attached hydrogens (tertiary/aromatic N) is 2. The van der Waals surface area contributed by atoms with Gasteiger partial charge in [0.1, 0.15) is 12.4 Å². The van der Waals surface area contributed by atoms with E-state index < -0.39 is 24.2 Å². The third kappa shape index (κ3) is 3.49. The maximum atomic E-state index is 15.1. The van der Waals surface area contributed by atoms with Gasteiger partial charge in [-0.05, 0) is 80.2 Å². The second-order valence-corrected chi connectivity index (χ2v) is 10.5. The van der Waals surface area contributed by atoms with Crippen molar-refractivity contribution in [2.75, 3.05) is 6.67 Å². The number of carbonyl (C=O) groups excluding carboxylic acids is 1. The van der Waals surface area contributed by atoms with Crippen LogP contribution in [0.25, 0.3) is 32.9 Å². The first-order valence-corrected chi connectivity index (χ1v) is 12.3. The van der Waals surface area contributed by atoms with Gasteiger partial charge in [-0.25, -0.2) is 4.39 Å². The fourth-order valence-electron chi connectivity index (χ4n) is 5.86. The lowest BCUT2D eigenvalue weighted by atomic mass is 9.95. The molecule has 3 N–H and O–H groups in total. The van der Waals surface area contributed by atoms with E-state index in [1.54, 1.807) is 19.9 Å². The molecule has 2 aromatic carbocycles. The smallest absolute Gasteiger partial charge is 0.249 e. The fraction of sp³-hybridized carbons (Fsp3) is 0.267. The van der Waals surface area contributed by atoms with Crippen molar-refractivity contribution in [2.24, 2.45) is 5.73 Å². The molecule has 0 aliphatic heterocycles. The summed E-state index contributed by atoms with van der Waals surface area (Å²) in [4.78, 5) is 12.8. The van der Waals surface area contributed by atoms with Crippen molar-refractivity contribution < 1.29 is 18.8 Å². The maximum Gasteiger partial charge on any atom is 0.249 e. The number of aryl methyl sites for hydroxylation is 2. The molecule has 1 atom stereocenters. The Morgan fingerprint density at radius 3 is 2.57 bits per heavy atom. The number of hydrogen-bond donors (Lipinski definition) is 2. The zero-order chi connectivity index (χ0) is 26.2. The highest BCUT2D eigenvalue weighted by Gasteiger charge is 2.30. The third-order valence-electron chi connectivity index (χ3n) is 7.62. The highest BCUT2D eigenvalue weighted by molar-refractivity contribution is 6.19. The summed E-state index contributed by atoms with van der Waals surface area (Å²) in [7, 11) is 0. The third-order valence-corrected chi connectivity index (χ3v) is 7.62. The molecular formula is C30H28FN3O3. The van der Waals surface area contributed by atoms with E-state index in [9.17, 15) is 9.90 Å². The van der Waals surface area contributed by atoms with Gasteiger partial charge in [0.2, 0.25) is 5.91 Å². The Bertz CT molecular complexity index is 1710. The van der Waals surface area contributed by atoms with E-state index in [1.165, 1.54) is 0 Å². The second-order valence-electron chi connectivity index (χ2n) is 10.5. The van der Waals surface area contributed by atoms with Gasteiger partial charge in [0.05, 0.1) is 28.4 Å². The zero-order valence-corrected chi connectivity index (χ0v) is 21.2. The lowest BCUT2D eigenvalue weighted by Gasteiger charge is -2.22. The van der Waals surface area contributed by atoms with Crippen molar-refractivity contribution in [2.45, 2.75) is 45.8 Å². The first kappa shape index (κ1) is 23.4. The van der Waals surface area contributed by atoms with Crippen LogP contribution in [0.15, 0.2) is 69.8 Å². The van der Waals surface area contributed by atoms with Crippen LogP contribution in [-0.2, 0) is 5.60 Å². The molecule has 188 valence electrons. The maximum absolute atomic E-state index is 15.1. The molecule has 0 fully saturated rings. The zero-order valence-electron chi connectivity index (χ0n) is 21.2. The van der Waals surface area contributed by atoms with Crippen LogP contribution in [0, 0.1) is 13.8 Å². The molecule has 0 spiro atoms. The van der Waals surface area contributed by atoms with Gasteiger partial charge in [-0.1, -0.05) is 35.5 Å². The average molecular weight is 498 g/mol. The van der Waals surface area contributed by atoms with E-state index in [2.05, 4.69) is 17.3 Å². The van der Waals surface area contributed by atoms with Crippen molar-refractivity contribution in [1.82, 2.24) is 9.72 Å². The minimum Gasteiger partial charge on any atom is -0.386 e. The Morgan fingerprint density at radius 2 is 2.00 bits per heavy atom. The summed E-state index contributed by atoms with van der Waals surface area (Å²) in [5, 5.41) is 16.3. The summed E-state index contributed by atoms with van der Waals surface area (Å²) in [6.45, 7) is 6.46. The Hall–Kier alpha value is -3.97. The summed E-state index contributed by atoms with van der Waals surface area (Å²) in [6, 6.07) is 8.72. The second kappa shape index (κ2) is 8.02. The van der Waals surface area contributed by atoms with Crippen molar-refractivity contribution in [1.29, 1.82) is 0 Å². The predicted octanol–water partition coefficient (Wildman–Crippen LogP) is 6.10. The number of rotatable bonds is 6. The topological polar surface area (TPSA) is 94.3 Å². The summed E-state index contributed by atoms with van der Waals surface area (Å²) in [5.74, 6) is 0.0437. The largest absolute Gasteiger partial charge is 0.386 e. The van der Waals surface area contributed by atoms with E-state index in [-0.39, 0.29) is 0 Å². The van der Waals surface area contributed by atoms with Crippen LogP contribution >= 0.6 is 0 Å². The number of fused-ring (bicyclic) bond motifs is 5. The first-order valence-electron chi connectivity index (χ1n) is 12.3. The minimum atomic E-state index is -1.10. The Kier molecular flexibility index (Phi) is 5.08. The summed E-state index contributed by atoms with van der Waals surface area (Å²) in [6.07, 6.45) is 6.97. The molecule has 37 heavy (non-hydrogen) atoms. The first-order chi connectivity index (χ1) is 17.6. The normalized spacial score (nSPS) is 15.9. The van der Waals surface area contributed by atoms with E-state index in [0.717, 1.165) is 45.2 Å². The van der Waals surface area contributed by atoms with Crippen molar-refractivity contribution >= 4 is 27.7 Å². The summed E-state index contributed by atoms with van der Waals surface area (Å²) < 4.78 is 22.4. The van der Waals surface area contributed by atoms with Crippen LogP contribution in [0.3, 0.4) is 0 Å². The molecule has 1 unspecified atom stereocenters. The molecule has 6 rings (SSSR count). The van der Waals surface area contributed by atoms with Crippen molar-refractivity contribution in [3.05, 3.63) is 87.9 Å². The molecule has 4 aromatic rings. The number of primary amides is 1. The number of allylic oxidation sites excluding steroid dienone is 6. The van der Waals surface area contributed by atoms with Gasteiger partial charge in [-0.15, -0.1) is 0 Å². The number of alkyl halides is 1. The number of aliphatic hydroxyl groups is 1. The SMILES string of the molecule is Cc1noc(C)c1-c1cc(C(N)=O)c2c3ccc(C(C)(C)O)cc3n(C(CF)C3=C4C=CC(=C3)C4)c2c1. The quantitative estimate of drug-likeness (QED) is 0.337. The monoisotopic (exact) mass is 497 g/mol. The van der Waals surface area contributed by atoms with Gasteiger partial charge >= 0.3 is 0 Å². The average Bonchev–Trinajstić information content (AvgIpc) is 3.62. The molecule has 0 radical (unpaired) electrons. The molecule has 1 amide bonds. The van der Waals surface area contributed by atoms with Crippen LogP contribution in [0.1, 0.15) is 53.7 Å². The number of amides is 1. The molecule has 6 nitrogen and oxygen atoms in total. The molecular weight excluding hydrogens is 469 g/mol. The van der Waals surface area contributed by atoms with Crippen LogP contribution in [0.2, 0.25) is 0 Å². The molecule has 7 heteroatoms. The van der Waals surface area contributed by atoms with Crippen LogP contribution in [-0.4, -0.2) is 27.4 Å². The predicted molar refractivity (Wildman–Crippen MR) is 142 cm³/mol. The van der Waals surface area contributed by atoms with Crippen molar-refractivity contribution in [3.63, 3.8) is 0 Å². The standard InChI is InChI=1S/C30H28FN3O3/c1-15-27(16(2)37-33-15)19-11-23(29(32)35)28-21-8-7-20(30(3,4)36)13-24(21)34(25(28)12-19)26(14-31)22-10-17-5-6-18(22)9-17/h5-8,10-13,26,36H,9,14H2,1-4H3,(H2,32,35). The Morgan fingerprint density at radius 1 is 1.22 bits per heavy atom. The van der Waals surface area contributed by atoms with E-state index in [4.69, 9.17) is 10.3 Å². The number of nitrogens with two attached hydrogens (primary N) is 1. The van der Waals surface area contributed by atoms with Crippen LogP contribution < -0.4 is 5.73 Å². The van der Waals surface area contributed by atoms with Crippen LogP contribution in [0.5, 0.6) is 0 Å². The van der Waals surface area contributed by atoms with Gasteiger partial charge in [0.15, 0.2) is 0 Å². The Balaban J connectivity index is 1.77. The summed E-state index contributed by atoms with van der Waals surface area (Å²) >= 11 is 0. The summed E-state index contributed by atoms with van der Waals surface area (Å²) in [5.41, 5.74) is 12.7. The lowest BCUT2D eigenvalue weighted by Crippen LogP contribution is -2.17. The molecule has 2 heterocycles. The van der Waals surface area contributed by atoms with Gasteiger partial charge in [0, 0.05) is 21.9 Å². The van der Waals surface area contributed by atoms with Crippen molar-refractivity contribution in [3.8, 4) is 11.1 Å². The number of benzene rings is 2. The van der Waals surface area contributed by atoms with E-state index >= 15 is 4.39 Å². The molecule has 2 aliphatic rings. The van der Waals surface area contributed by atoms with Gasteiger partial charge in [-0.2, -0.15) is 0 Å². The molecule has 2 aromatic heterocycles. The minimum absolute atomic E-state index is 0.341. The highest BCUT2D eigenvalue weighted by atomic mass is 19.1. The van der Waals surface area contributed by atoms with E-state index in [1.807, 2.05) is 48.8 Å².